The van der Waals surface area contributed by atoms with Crippen LogP contribution < -0.4 is 9.74 Å². The zero-order chi connectivity index (χ0) is 15.0. The average Bonchev–Trinajstić information content (AvgIpc) is 2.44. The molecule has 1 amide bonds. The van der Waals surface area contributed by atoms with E-state index in [1.165, 1.54) is 38.4 Å². The van der Waals surface area contributed by atoms with Gasteiger partial charge in [-0.1, -0.05) is 0 Å². The minimum atomic E-state index is -1.29. The van der Waals surface area contributed by atoms with Crippen molar-refractivity contribution >= 4 is 27.7 Å². The van der Waals surface area contributed by atoms with E-state index in [1.807, 2.05) is 0 Å². The van der Waals surface area contributed by atoms with Gasteiger partial charge in [0.15, 0.2) is 0 Å². The summed E-state index contributed by atoms with van der Waals surface area (Å²) in [5.74, 6) is -0.646. The fourth-order valence-electron chi connectivity index (χ4n) is 1.94. The Kier molecular flexibility index (Phi) is 3.58. The fraction of sp³-hybridized carbons (Fsp3) is 0.250. The van der Waals surface area contributed by atoms with Gasteiger partial charge in [0.05, 0.1) is 20.9 Å². The maximum Gasteiger partial charge on any atom is 0.346 e. The van der Waals surface area contributed by atoms with Crippen molar-refractivity contribution < 1.29 is 13.4 Å². The molecular formula is C12H13N3O4S. The third-order valence-electron chi connectivity index (χ3n) is 3.01. The SMILES string of the molecule is CNC(=O)c1c(C)n([O-])c2ccc(S(C)=O)cc2[n+]1=O. The van der Waals surface area contributed by atoms with Gasteiger partial charge in [-0.05, 0) is 19.1 Å². The number of hydrogen-bond donors (Lipinski definition) is 1. The van der Waals surface area contributed by atoms with E-state index in [9.17, 15) is 19.1 Å². The topological polar surface area (TPSA) is 97.1 Å². The molecule has 2 rings (SSSR count). The second kappa shape index (κ2) is 5.04. The summed E-state index contributed by atoms with van der Waals surface area (Å²) < 4.78 is 12.4. The Morgan fingerprint density at radius 1 is 1.45 bits per heavy atom. The number of nitrogens with zero attached hydrogens (tertiary/aromatic N) is 2. The first-order valence-corrected chi connectivity index (χ1v) is 7.29. The van der Waals surface area contributed by atoms with E-state index in [-0.39, 0.29) is 22.4 Å². The summed E-state index contributed by atoms with van der Waals surface area (Å²) in [6.07, 6.45) is 1.47. The number of rotatable bonds is 2. The van der Waals surface area contributed by atoms with Gasteiger partial charge in [0.1, 0.15) is 5.52 Å². The molecule has 7 nitrogen and oxygen atoms in total. The van der Waals surface area contributed by atoms with Crippen LogP contribution in [-0.4, -0.2) is 28.1 Å². The van der Waals surface area contributed by atoms with Crippen molar-refractivity contribution in [3.63, 3.8) is 0 Å². The molecule has 0 saturated carbocycles. The molecule has 0 radical (unpaired) electrons. The lowest BCUT2D eigenvalue weighted by atomic mass is 10.2. The molecule has 0 bridgehead atoms. The summed E-state index contributed by atoms with van der Waals surface area (Å²) in [6, 6.07) is 4.30. The highest BCUT2D eigenvalue weighted by molar-refractivity contribution is 7.84. The van der Waals surface area contributed by atoms with Crippen LogP contribution in [0, 0.1) is 17.0 Å². The van der Waals surface area contributed by atoms with Gasteiger partial charge in [0.2, 0.25) is 0 Å². The zero-order valence-electron chi connectivity index (χ0n) is 11.2. The largest absolute Gasteiger partial charge is 0.805 e. The number of carbonyl (C=O) groups is 1. The molecule has 1 heterocycles. The normalized spacial score (nSPS) is 12.3. The van der Waals surface area contributed by atoms with E-state index in [4.69, 9.17) is 0 Å². The molecule has 1 unspecified atom stereocenters. The van der Waals surface area contributed by atoms with Crippen LogP contribution in [0.15, 0.2) is 23.1 Å². The van der Waals surface area contributed by atoms with Crippen molar-refractivity contribution in [2.75, 3.05) is 13.3 Å². The Labute approximate surface area is 116 Å². The predicted octanol–water partition coefficient (Wildman–Crippen LogP) is 0.307. The van der Waals surface area contributed by atoms with Crippen molar-refractivity contribution in [3.05, 3.63) is 39.7 Å². The second-order valence-corrected chi connectivity index (χ2v) is 5.59. The average molecular weight is 295 g/mol. The number of nitrogens with one attached hydrogen (secondary N) is 1. The van der Waals surface area contributed by atoms with Gasteiger partial charge in [-0.15, -0.1) is 0 Å². The van der Waals surface area contributed by atoms with E-state index in [0.29, 0.717) is 14.1 Å². The monoisotopic (exact) mass is 295 g/mol. The third kappa shape index (κ3) is 2.07. The number of hydrogen-bond acceptors (Lipinski definition) is 4. The van der Waals surface area contributed by atoms with E-state index >= 15 is 0 Å². The minimum Gasteiger partial charge on any atom is -0.805 e. The Morgan fingerprint density at radius 3 is 2.65 bits per heavy atom. The number of aromatic nitrogens is 2. The highest BCUT2D eigenvalue weighted by Gasteiger charge is 2.26. The summed E-state index contributed by atoms with van der Waals surface area (Å²) >= 11 is 0. The van der Waals surface area contributed by atoms with Crippen LogP contribution in [-0.2, 0) is 10.8 Å². The van der Waals surface area contributed by atoms with Gasteiger partial charge in [-0.25, -0.2) is 0 Å². The zero-order valence-corrected chi connectivity index (χ0v) is 12.0. The molecule has 1 aromatic carbocycles. The van der Waals surface area contributed by atoms with Crippen LogP contribution in [0.25, 0.3) is 11.0 Å². The van der Waals surface area contributed by atoms with Crippen molar-refractivity contribution in [1.82, 2.24) is 10.0 Å². The van der Waals surface area contributed by atoms with Crippen LogP contribution in [0.5, 0.6) is 0 Å². The quantitative estimate of drug-likeness (QED) is 0.806. The number of fused-ring (bicyclic) bond motifs is 1. The van der Waals surface area contributed by atoms with Crippen molar-refractivity contribution in [1.29, 1.82) is 0 Å². The maximum absolute atomic E-state index is 12.3. The maximum atomic E-state index is 12.3. The van der Waals surface area contributed by atoms with Crippen LogP contribution in [0.1, 0.15) is 16.2 Å². The molecule has 20 heavy (non-hydrogen) atoms. The Morgan fingerprint density at radius 2 is 2.10 bits per heavy atom. The lowest BCUT2D eigenvalue weighted by molar-refractivity contribution is -0.468. The lowest BCUT2D eigenvalue weighted by Crippen LogP contribution is -2.35. The lowest BCUT2D eigenvalue weighted by Gasteiger charge is -2.16. The molecule has 0 saturated heterocycles. The third-order valence-corrected chi connectivity index (χ3v) is 3.93. The van der Waals surface area contributed by atoms with Crippen molar-refractivity contribution in [2.24, 2.45) is 0 Å². The molecule has 0 aliphatic heterocycles. The minimum absolute atomic E-state index is 0.0110. The first kappa shape index (κ1) is 14.2. The molecule has 1 aromatic heterocycles. The molecule has 106 valence electrons. The van der Waals surface area contributed by atoms with Gasteiger partial charge in [-0.3, -0.25) is 9.00 Å². The summed E-state index contributed by atoms with van der Waals surface area (Å²) in [5, 5.41) is 14.4. The number of carbonyl (C=O) groups excluding carboxylic acids is 1. The van der Waals surface area contributed by atoms with E-state index in [0.717, 1.165) is 0 Å². The predicted molar refractivity (Wildman–Crippen MR) is 74.5 cm³/mol. The Balaban J connectivity index is 2.95. The van der Waals surface area contributed by atoms with Crippen LogP contribution in [0.4, 0.5) is 0 Å². The second-order valence-electron chi connectivity index (χ2n) is 4.21. The first-order chi connectivity index (χ1) is 9.38. The van der Waals surface area contributed by atoms with Gasteiger partial charge < -0.3 is 15.3 Å². The molecule has 1 atom stereocenters. The summed E-state index contributed by atoms with van der Waals surface area (Å²) in [7, 11) is 0.0853. The van der Waals surface area contributed by atoms with Crippen LogP contribution >= 0.6 is 0 Å². The number of amides is 1. The molecule has 2 aromatic rings. The molecule has 0 spiro atoms. The van der Waals surface area contributed by atoms with Crippen molar-refractivity contribution in [2.45, 2.75) is 11.8 Å². The Hall–Kier alpha value is -2.22. The Bertz CT molecular complexity index is 797. The highest BCUT2D eigenvalue weighted by atomic mass is 32.2. The van der Waals surface area contributed by atoms with E-state index < -0.39 is 16.7 Å². The molecule has 0 fully saturated rings. The number of benzene rings is 1. The van der Waals surface area contributed by atoms with Crippen LogP contribution in [0.2, 0.25) is 0 Å². The van der Waals surface area contributed by atoms with Gasteiger partial charge >= 0.3 is 11.6 Å². The first-order valence-electron chi connectivity index (χ1n) is 5.73. The standard InChI is InChI=1S/C12H13N3O4S/c1-7-11(12(16)13-2)15(18)10-6-8(20(3)19)4-5-9(10)14(7)17/h4-6H,1-3H3,(H,13,16). The van der Waals surface area contributed by atoms with Gasteiger partial charge in [0.25, 0.3) is 5.52 Å². The van der Waals surface area contributed by atoms with Gasteiger partial charge in [0, 0.05) is 29.2 Å². The fourth-order valence-corrected chi connectivity index (χ4v) is 2.47. The summed E-state index contributed by atoms with van der Waals surface area (Å²) in [6.45, 7) is 1.40. The van der Waals surface area contributed by atoms with Crippen LogP contribution in [0.3, 0.4) is 0 Å². The van der Waals surface area contributed by atoms with E-state index in [1.54, 1.807) is 0 Å². The smallest absolute Gasteiger partial charge is 0.346 e. The molecule has 0 aliphatic carbocycles. The summed E-state index contributed by atoms with van der Waals surface area (Å²) in [4.78, 5) is 24.4. The molecule has 1 N–H and O–H groups in total. The van der Waals surface area contributed by atoms with Crippen molar-refractivity contribution in [3.8, 4) is 0 Å². The highest BCUT2D eigenvalue weighted by Crippen LogP contribution is 2.17. The molecular weight excluding hydrogens is 282 g/mol. The van der Waals surface area contributed by atoms with Gasteiger partial charge in [-0.2, -0.15) is 0 Å². The molecule has 8 heteroatoms. The molecule has 0 aliphatic rings. The summed E-state index contributed by atoms with van der Waals surface area (Å²) in [5.41, 5.74) is -0.123. The van der Waals surface area contributed by atoms with E-state index in [2.05, 4.69) is 5.32 Å².